The van der Waals surface area contributed by atoms with E-state index in [9.17, 15) is 9.59 Å². The average Bonchev–Trinajstić information content (AvgIpc) is 2.76. The summed E-state index contributed by atoms with van der Waals surface area (Å²) in [5.41, 5.74) is 4.99. The molecule has 0 saturated carbocycles. The van der Waals surface area contributed by atoms with E-state index >= 15 is 0 Å². The lowest BCUT2D eigenvalue weighted by atomic mass is 10.1. The van der Waals surface area contributed by atoms with Crippen LogP contribution in [0.15, 0.2) is 70.5 Å². The number of ether oxygens (including phenoxy) is 2. The Morgan fingerprint density at radius 2 is 1.77 bits per heavy atom. The van der Waals surface area contributed by atoms with Gasteiger partial charge in [0.05, 0.1) is 23.4 Å². The number of hydrogen-bond donors (Lipinski definition) is 1. The van der Waals surface area contributed by atoms with Gasteiger partial charge in [-0.05, 0) is 64.8 Å². The molecule has 0 aliphatic carbocycles. The Balaban J connectivity index is 1.74. The van der Waals surface area contributed by atoms with E-state index in [0.717, 1.165) is 5.56 Å². The number of methoxy groups -OCH3 is 1. The summed E-state index contributed by atoms with van der Waals surface area (Å²) in [6.07, 6.45) is 4.51. The quantitative estimate of drug-likeness (QED) is 0.254. The van der Waals surface area contributed by atoms with Crippen LogP contribution in [0.25, 0.3) is 0 Å². The minimum absolute atomic E-state index is 0.251. The van der Waals surface area contributed by atoms with Gasteiger partial charge < -0.3 is 9.47 Å². The van der Waals surface area contributed by atoms with Gasteiger partial charge >= 0.3 is 5.97 Å². The fraction of sp³-hybridized carbons (Fsp3) is 0.0909. The molecule has 152 valence electrons. The molecule has 1 amide bonds. The minimum atomic E-state index is -0.500. The molecule has 1 aromatic heterocycles. The Hall–Kier alpha value is -3.52. The number of benzene rings is 2. The van der Waals surface area contributed by atoms with E-state index in [4.69, 9.17) is 9.47 Å². The lowest BCUT2D eigenvalue weighted by Gasteiger charge is -2.12. The highest BCUT2D eigenvalue weighted by atomic mass is 79.9. The number of carbonyl (C=O) groups is 2. The molecular weight excluding hydrogens is 450 g/mol. The maximum absolute atomic E-state index is 12.4. The largest absolute Gasteiger partial charge is 0.493 e. The highest BCUT2D eigenvalue weighted by Gasteiger charge is 2.16. The zero-order chi connectivity index (χ0) is 21.5. The molecule has 2 aromatic carbocycles. The van der Waals surface area contributed by atoms with E-state index in [1.807, 2.05) is 19.1 Å². The van der Waals surface area contributed by atoms with Gasteiger partial charge in [-0.1, -0.05) is 17.7 Å². The summed E-state index contributed by atoms with van der Waals surface area (Å²) in [6, 6.07) is 13.6. The molecule has 0 bridgehead atoms. The summed E-state index contributed by atoms with van der Waals surface area (Å²) in [5, 5.41) is 3.95. The van der Waals surface area contributed by atoms with Gasteiger partial charge in [0.1, 0.15) is 0 Å². The first-order valence-electron chi connectivity index (χ1n) is 8.87. The van der Waals surface area contributed by atoms with Gasteiger partial charge in [-0.2, -0.15) is 5.10 Å². The van der Waals surface area contributed by atoms with E-state index < -0.39 is 5.97 Å². The van der Waals surface area contributed by atoms with Crippen molar-refractivity contribution in [1.82, 2.24) is 10.4 Å². The normalized spacial score (nSPS) is 10.6. The summed E-state index contributed by atoms with van der Waals surface area (Å²) in [4.78, 5) is 28.3. The summed E-state index contributed by atoms with van der Waals surface area (Å²) in [5.74, 6) is -0.267. The molecule has 0 saturated heterocycles. The number of pyridine rings is 1. The average molecular weight is 468 g/mol. The number of esters is 1. The van der Waals surface area contributed by atoms with E-state index in [1.54, 1.807) is 36.4 Å². The summed E-state index contributed by atoms with van der Waals surface area (Å²) in [7, 11) is 1.47. The molecule has 0 aliphatic heterocycles. The second kappa shape index (κ2) is 9.80. The molecular formula is C22H18BrN3O4. The second-order valence-corrected chi connectivity index (χ2v) is 7.08. The maximum atomic E-state index is 12.4. The molecule has 0 aliphatic rings. The molecule has 7 nitrogen and oxygen atoms in total. The number of rotatable bonds is 6. The molecule has 0 spiro atoms. The molecule has 8 heteroatoms. The number of aryl methyl sites for hydroxylation is 1. The van der Waals surface area contributed by atoms with Gasteiger partial charge in [0.15, 0.2) is 11.5 Å². The molecule has 1 N–H and O–H groups in total. The number of hydrogen-bond acceptors (Lipinski definition) is 6. The van der Waals surface area contributed by atoms with Crippen molar-refractivity contribution in [3.05, 3.63) is 87.7 Å². The Morgan fingerprint density at radius 3 is 2.43 bits per heavy atom. The van der Waals surface area contributed by atoms with Crippen molar-refractivity contribution < 1.29 is 19.1 Å². The van der Waals surface area contributed by atoms with Crippen LogP contribution >= 0.6 is 15.9 Å². The molecule has 30 heavy (non-hydrogen) atoms. The third kappa shape index (κ3) is 5.30. The molecule has 3 rings (SSSR count). The van der Waals surface area contributed by atoms with Gasteiger partial charge in [0.25, 0.3) is 5.91 Å². The highest BCUT2D eigenvalue weighted by Crippen LogP contribution is 2.36. The topological polar surface area (TPSA) is 89.9 Å². The zero-order valence-electron chi connectivity index (χ0n) is 16.3. The number of nitrogens with one attached hydrogen (secondary N) is 1. The first-order valence-corrected chi connectivity index (χ1v) is 9.67. The van der Waals surface area contributed by atoms with Crippen molar-refractivity contribution in [2.24, 2.45) is 5.10 Å². The zero-order valence-corrected chi connectivity index (χ0v) is 17.8. The van der Waals surface area contributed by atoms with E-state index in [0.29, 0.717) is 26.9 Å². The van der Waals surface area contributed by atoms with Gasteiger partial charge in [-0.3, -0.25) is 9.78 Å². The number of carbonyl (C=O) groups excluding carboxylic acids is 2. The van der Waals surface area contributed by atoms with Gasteiger partial charge in [-0.25, -0.2) is 10.2 Å². The number of hydrazone groups is 1. The number of nitrogens with zero attached hydrogens (tertiary/aromatic N) is 2. The van der Waals surface area contributed by atoms with Crippen LogP contribution in [0.2, 0.25) is 0 Å². The van der Waals surface area contributed by atoms with Crippen LogP contribution < -0.4 is 14.9 Å². The fourth-order valence-electron chi connectivity index (χ4n) is 2.49. The van der Waals surface area contributed by atoms with Crippen molar-refractivity contribution in [3.63, 3.8) is 0 Å². The van der Waals surface area contributed by atoms with Crippen LogP contribution in [0.1, 0.15) is 31.8 Å². The number of halogens is 1. The van der Waals surface area contributed by atoms with Gasteiger partial charge in [0, 0.05) is 18.0 Å². The predicted molar refractivity (Wildman–Crippen MR) is 116 cm³/mol. The Morgan fingerprint density at radius 1 is 1.07 bits per heavy atom. The highest BCUT2D eigenvalue weighted by molar-refractivity contribution is 9.10. The van der Waals surface area contributed by atoms with Crippen LogP contribution in [-0.4, -0.2) is 30.2 Å². The van der Waals surface area contributed by atoms with Crippen molar-refractivity contribution in [1.29, 1.82) is 0 Å². The lowest BCUT2D eigenvalue weighted by Crippen LogP contribution is -2.17. The van der Waals surface area contributed by atoms with Crippen molar-refractivity contribution >= 4 is 34.0 Å². The maximum Gasteiger partial charge on any atom is 0.343 e. The van der Waals surface area contributed by atoms with Crippen LogP contribution in [0, 0.1) is 6.92 Å². The summed E-state index contributed by atoms with van der Waals surface area (Å²) in [6.45, 7) is 1.94. The van der Waals surface area contributed by atoms with Crippen molar-refractivity contribution in [2.45, 2.75) is 6.92 Å². The molecule has 0 fully saturated rings. The molecule has 1 heterocycles. The first kappa shape index (κ1) is 21.2. The van der Waals surface area contributed by atoms with E-state index in [1.165, 1.54) is 25.7 Å². The molecule has 0 unspecified atom stereocenters. The van der Waals surface area contributed by atoms with Crippen LogP contribution in [0.3, 0.4) is 0 Å². The SMILES string of the molecule is COc1cc(/C=N/NC(=O)c2ccncc2)cc(Br)c1OC(=O)c1ccc(C)cc1. The third-order valence-electron chi connectivity index (χ3n) is 4.06. The lowest BCUT2D eigenvalue weighted by molar-refractivity contribution is 0.0728. The minimum Gasteiger partial charge on any atom is -0.493 e. The first-order chi connectivity index (χ1) is 14.5. The van der Waals surface area contributed by atoms with E-state index in [2.05, 4.69) is 31.4 Å². The van der Waals surface area contributed by atoms with Crippen LogP contribution in [0.4, 0.5) is 0 Å². The fourth-order valence-corrected chi connectivity index (χ4v) is 3.03. The van der Waals surface area contributed by atoms with Crippen molar-refractivity contribution in [2.75, 3.05) is 7.11 Å². The molecule has 0 radical (unpaired) electrons. The summed E-state index contributed by atoms with van der Waals surface area (Å²) >= 11 is 3.40. The Bertz CT molecular complexity index is 1080. The number of aromatic nitrogens is 1. The Kier molecular flexibility index (Phi) is 6.92. The predicted octanol–water partition coefficient (Wildman–Crippen LogP) is 4.14. The summed E-state index contributed by atoms with van der Waals surface area (Å²) < 4.78 is 11.4. The second-order valence-electron chi connectivity index (χ2n) is 6.22. The third-order valence-corrected chi connectivity index (χ3v) is 4.65. The monoisotopic (exact) mass is 467 g/mol. The van der Waals surface area contributed by atoms with E-state index in [-0.39, 0.29) is 11.7 Å². The molecule has 0 atom stereocenters. The smallest absolute Gasteiger partial charge is 0.343 e. The van der Waals surface area contributed by atoms with Crippen molar-refractivity contribution in [3.8, 4) is 11.5 Å². The van der Waals surface area contributed by atoms with Crippen LogP contribution in [0.5, 0.6) is 11.5 Å². The van der Waals surface area contributed by atoms with Gasteiger partial charge in [-0.15, -0.1) is 0 Å². The Labute approximate surface area is 181 Å². The molecule has 3 aromatic rings. The standard InChI is InChI=1S/C22H18BrN3O4/c1-14-3-5-17(6-4-14)22(28)30-20-18(23)11-15(12-19(20)29-2)13-25-26-21(27)16-7-9-24-10-8-16/h3-13H,1-2H3,(H,26,27)/b25-13+. The number of amides is 1. The van der Waals surface area contributed by atoms with Crippen LogP contribution in [-0.2, 0) is 0 Å². The van der Waals surface area contributed by atoms with Gasteiger partial charge in [0.2, 0.25) is 0 Å².